The molecule has 2 aromatic rings. The van der Waals surface area contributed by atoms with Crippen LogP contribution in [0.2, 0.25) is 0 Å². The minimum Gasteiger partial charge on any atom is -0.477 e. The maximum atomic E-state index is 11.9. The number of anilines is 1. The first-order valence-corrected chi connectivity index (χ1v) is 5.79. The fourth-order valence-electron chi connectivity index (χ4n) is 1.78. The molecule has 1 amide bonds. The van der Waals surface area contributed by atoms with E-state index in [2.05, 4.69) is 5.32 Å². The van der Waals surface area contributed by atoms with Gasteiger partial charge in [-0.05, 0) is 24.3 Å². The van der Waals surface area contributed by atoms with Crippen LogP contribution in [-0.2, 0) is 11.3 Å². The third kappa shape index (κ3) is 2.84. The van der Waals surface area contributed by atoms with Crippen LogP contribution >= 0.6 is 0 Å². The zero-order chi connectivity index (χ0) is 14.5. The van der Waals surface area contributed by atoms with E-state index in [4.69, 9.17) is 10.4 Å². The Labute approximate surface area is 114 Å². The molecule has 20 heavy (non-hydrogen) atoms. The molecule has 1 heterocycles. The lowest BCUT2D eigenvalue weighted by Crippen LogP contribution is -2.21. The standard InChI is InChI=1S/C14H11N3O3/c15-8-10-4-1-2-5-11(10)16-13(18)9-17-7-3-6-12(17)14(19)20/h1-7H,9H2,(H,16,18)(H,19,20). The second-order valence-electron chi connectivity index (χ2n) is 4.03. The normalized spacial score (nSPS) is 9.75. The average Bonchev–Trinajstić information content (AvgIpc) is 2.87. The predicted molar refractivity (Wildman–Crippen MR) is 71.2 cm³/mol. The van der Waals surface area contributed by atoms with Crippen molar-refractivity contribution in [1.82, 2.24) is 4.57 Å². The van der Waals surface area contributed by atoms with Crippen LogP contribution in [0.4, 0.5) is 5.69 Å². The van der Waals surface area contributed by atoms with E-state index >= 15 is 0 Å². The molecule has 6 heteroatoms. The maximum Gasteiger partial charge on any atom is 0.352 e. The van der Waals surface area contributed by atoms with Gasteiger partial charge < -0.3 is 15.0 Å². The van der Waals surface area contributed by atoms with E-state index in [1.165, 1.54) is 16.8 Å². The molecule has 0 unspecified atom stereocenters. The van der Waals surface area contributed by atoms with Gasteiger partial charge in [-0.3, -0.25) is 4.79 Å². The van der Waals surface area contributed by atoms with Crippen LogP contribution in [0.3, 0.4) is 0 Å². The van der Waals surface area contributed by atoms with Crippen LogP contribution in [0.1, 0.15) is 16.1 Å². The van der Waals surface area contributed by atoms with E-state index in [1.54, 1.807) is 30.3 Å². The molecule has 0 fully saturated rings. The Morgan fingerprint density at radius 1 is 1.25 bits per heavy atom. The molecule has 1 aromatic carbocycles. The molecule has 0 saturated carbocycles. The van der Waals surface area contributed by atoms with Gasteiger partial charge in [0.05, 0.1) is 11.3 Å². The lowest BCUT2D eigenvalue weighted by atomic mass is 10.2. The number of carboxylic acids is 1. The summed E-state index contributed by atoms with van der Waals surface area (Å²) in [6.07, 6.45) is 1.51. The number of para-hydroxylation sites is 1. The van der Waals surface area contributed by atoms with E-state index in [0.29, 0.717) is 11.3 Å². The summed E-state index contributed by atoms with van der Waals surface area (Å²) in [5.74, 6) is -1.49. The van der Waals surface area contributed by atoms with Crippen molar-refractivity contribution in [3.05, 3.63) is 53.9 Å². The fraction of sp³-hybridized carbons (Fsp3) is 0.0714. The number of aromatic nitrogens is 1. The van der Waals surface area contributed by atoms with Crippen LogP contribution in [0.25, 0.3) is 0 Å². The minimum absolute atomic E-state index is 0.0359. The van der Waals surface area contributed by atoms with E-state index < -0.39 is 11.9 Å². The number of nitrogens with one attached hydrogen (secondary N) is 1. The smallest absolute Gasteiger partial charge is 0.352 e. The van der Waals surface area contributed by atoms with Gasteiger partial charge in [-0.15, -0.1) is 0 Å². The number of rotatable bonds is 4. The fourth-order valence-corrected chi connectivity index (χ4v) is 1.78. The van der Waals surface area contributed by atoms with E-state index in [1.807, 2.05) is 6.07 Å². The summed E-state index contributed by atoms with van der Waals surface area (Å²) in [5.41, 5.74) is 0.796. The Balaban J connectivity index is 2.12. The van der Waals surface area contributed by atoms with Gasteiger partial charge in [0.25, 0.3) is 0 Å². The summed E-state index contributed by atoms with van der Waals surface area (Å²) in [7, 11) is 0. The Bertz CT molecular complexity index is 698. The Hall–Kier alpha value is -3.07. The van der Waals surface area contributed by atoms with Gasteiger partial charge in [0.2, 0.25) is 5.91 Å². The number of nitriles is 1. The van der Waals surface area contributed by atoms with Crippen molar-refractivity contribution in [1.29, 1.82) is 5.26 Å². The highest BCUT2D eigenvalue weighted by Gasteiger charge is 2.12. The van der Waals surface area contributed by atoms with Gasteiger partial charge in [-0.2, -0.15) is 5.26 Å². The minimum atomic E-state index is -1.10. The van der Waals surface area contributed by atoms with Crippen LogP contribution in [0.5, 0.6) is 0 Å². The summed E-state index contributed by atoms with van der Waals surface area (Å²) in [4.78, 5) is 22.8. The van der Waals surface area contributed by atoms with Crippen molar-refractivity contribution in [2.24, 2.45) is 0 Å². The number of nitrogens with zero attached hydrogens (tertiary/aromatic N) is 2. The molecule has 0 aliphatic rings. The van der Waals surface area contributed by atoms with E-state index in [9.17, 15) is 9.59 Å². The van der Waals surface area contributed by atoms with Crippen molar-refractivity contribution in [3.63, 3.8) is 0 Å². The predicted octanol–water partition coefficient (Wildman–Crippen LogP) is 1.70. The van der Waals surface area contributed by atoms with Crippen molar-refractivity contribution in [2.45, 2.75) is 6.54 Å². The first-order valence-electron chi connectivity index (χ1n) is 5.79. The lowest BCUT2D eigenvalue weighted by molar-refractivity contribution is -0.116. The van der Waals surface area contributed by atoms with Crippen LogP contribution in [0.15, 0.2) is 42.6 Å². The van der Waals surface area contributed by atoms with Gasteiger partial charge in [-0.1, -0.05) is 12.1 Å². The van der Waals surface area contributed by atoms with Gasteiger partial charge in [0.1, 0.15) is 18.3 Å². The van der Waals surface area contributed by atoms with Gasteiger partial charge in [0, 0.05) is 6.20 Å². The highest BCUT2D eigenvalue weighted by Crippen LogP contribution is 2.13. The van der Waals surface area contributed by atoms with Gasteiger partial charge in [0.15, 0.2) is 0 Å². The second-order valence-corrected chi connectivity index (χ2v) is 4.03. The second kappa shape index (κ2) is 5.71. The van der Waals surface area contributed by atoms with Gasteiger partial charge in [-0.25, -0.2) is 4.79 Å². The van der Waals surface area contributed by atoms with Gasteiger partial charge >= 0.3 is 5.97 Å². The molecule has 0 spiro atoms. The third-order valence-corrected chi connectivity index (χ3v) is 2.68. The van der Waals surface area contributed by atoms with Crippen LogP contribution < -0.4 is 5.32 Å². The van der Waals surface area contributed by atoms with Crippen molar-refractivity contribution >= 4 is 17.6 Å². The van der Waals surface area contributed by atoms with Crippen LogP contribution in [0, 0.1) is 11.3 Å². The number of carboxylic acid groups (broad SMARTS) is 1. The molecule has 100 valence electrons. The molecular weight excluding hydrogens is 258 g/mol. The van der Waals surface area contributed by atoms with Crippen LogP contribution in [-0.4, -0.2) is 21.6 Å². The zero-order valence-corrected chi connectivity index (χ0v) is 10.4. The summed E-state index contributed by atoms with van der Waals surface area (Å²) in [6, 6.07) is 11.6. The van der Waals surface area contributed by atoms with E-state index in [0.717, 1.165) is 0 Å². The highest BCUT2D eigenvalue weighted by molar-refractivity contribution is 5.93. The monoisotopic (exact) mass is 269 g/mol. The number of benzene rings is 1. The number of amides is 1. The number of carbonyl (C=O) groups excluding carboxylic acids is 1. The molecule has 6 nitrogen and oxygen atoms in total. The molecule has 0 bridgehead atoms. The number of hydrogen-bond donors (Lipinski definition) is 2. The Kier molecular flexibility index (Phi) is 3.82. The molecule has 2 rings (SSSR count). The number of carbonyl (C=O) groups is 2. The summed E-state index contributed by atoms with van der Waals surface area (Å²) in [5, 5.41) is 20.5. The third-order valence-electron chi connectivity index (χ3n) is 2.68. The molecule has 0 atom stereocenters. The SMILES string of the molecule is N#Cc1ccccc1NC(=O)Cn1cccc1C(=O)O. The molecule has 0 aliphatic carbocycles. The quantitative estimate of drug-likeness (QED) is 0.883. The highest BCUT2D eigenvalue weighted by atomic mass is 16.4. The van der Waals surface area contributed by atoms with E-state index in [-0.39, 0.29) is 12.2 Å². The molecular formula is C14H11N3O3. The van der Waals surface area contributed by atoms with Crippen molar-refractivity contribution in [2.75, 3.05) is 5.32 Å². The van der Waals surface area contributed by atoms with Crippen molar-refractivity contribution < 1.29 is 14.7 Å². The molecule has 1 aromatic heterocycles. The molecule has 0 saturated heterocycles. The maximum absolute atomic E-state index is 11.9. The van der Waals surface area contributed by atoms with Crippen molar-refractivity contribution in [3.8, 4) is 6.07 Å². The largest absolute Gasteiger partial charge is 0.477 e. The summed E-state index contributed by atoms with van der Waals surface area (Å²) < 4.78 is 1.33. The molecule has 0 aliphatic heterocycles. The lowest BCUT2D eigenvalue weighted by Gasteiger charge is -2.08. The average molecular weight is 269 g/mol. The first kappa shape index (κ1) is 13.4. The Morgan fingerprint density at radius 3 is 2.70 bits per heavy atom. The number of aromatic carboxylic acids is 1. The number of hydrogen-bond acceptors (Lipinski definition) is 3. The molecule has 0 radical (unpaired) electrons. The Morgan fingerprint density at radius 2 is 2.00 bits per heavy atom. The zero-order valence-electron chi connectivity index (χ0n) is 10.4. The summed E-state index contributed by atoms with van der Waals surface area (Å²) in [6.45, 7) is -0.131. The summed E-state index contributed by atoms with van der Waals surface area (Å²) >= 11 is 0. The first-order chi connectivity index (χ1) is 9.61. The molecule has 2 N–H and O–H groups in total. The topological polar surface area (TPSA) is 95.1 Å².